The zero-order chi connectivity index (χ0) is 24.3. The van der Waals surface area contributed by atoms with Crippen LogP contribution in [-0.2, 0) is 6.42 Å². The van der Waals surface area contributed by atoms with Crippen molar-refractivity contribution in [3.05, 3.63) is 139 Å². The normalized spacial score (nSPS) is 12.2. The number of benzene rings is 5. The molecule has 0 amide bonds. The first kappa shape index (κ1) is 20.3. The monoisotopic (exact) mass is 473 g/mol. The molecule has 174 valence electrons. The Kier molecular flexibility index (Phi) is 4.29. The van der Waals surface area contributed by atoms with Gasteiger partial charge in [0.15, 0.2) is 0 Å². The molecular formula is C34H23N3. The van der Waals surface area contributed by atoms with Gasteiger partial charge in [-0.2, -0.15) is 0 Å². The minimum absolute atomic E-state index is 0.928. The van der Waals surface area contributed by atoms with E-state index in [1.165, 1.54) is 49.7 Å². The first-order valence-electron chi connectivity index (χ1n) is 12.7. The average Bonchev–Trinajstić information content (AvgIpc) is 3.67. The number of imidazole rings is 1. The summed E-state index contributed by atoms with van der Waals surface area (Å²) < 4.78 is 4.63. The fourth-order valence-electron chi connectivity index (χ4n) is 6.03. The second-order valence-corrected chi connectivity index (χ2v) is 9.68. The lowest BCUT2D eigenvalue weighted by atomic mass is 10.0. The summed E-state index contributed by atoms with van der Waals surface area (Å²) >= 11 is 0. The number of hydrogen-bond acceptors (Lipinski definition) is 1. The predicted molar refractivity (Wildman–Crippen MR) is 152 cm³/mol. The largest absolute Gasteiger partial charge is 0.309 e. The Labute approximate surface area is 214 Å². The van der Waals surface area contributed by atoms with Gasteiger partial charge in [0.05, 0.1) is 16.7 Å². The van der Waals surface area contributed by atoms with Gasteiger partial charge in [-0.25, -0.2) is 4.98 Å². The standard InChI is InChI=1S/C34H23N3/c1-2-9-23(10-3-1)34-35-19-20-36(34)25-18-17-24-21-30-26(29(24)22-25)13-8-16-33(30)37-31-14-6-4-11-27(31)28-12-5-7-15-32(28)37/h1-20,22H,21H2. The summed E-state index contributed by atoms with van der Waals surface area (Å²) in [7, 11) is 0. The van der Waals surface area contributed by atoms with E-state index in [-0.39, 0.29) is 0 Å². The second-order valence-electron chi connectivity index (χ2n) is 9.68. The van der Waals surface area contributed by atoms with Crippen molar-refractivity contribution in [2.75, 3.05) is 0 Å². The smallest absolute Gasteiger partial charge is 0.144 e. The highest BCUT2D eigenvalue weighted by molar-refractivity contribution is 6.09. The fourth-order valence-corrected chi connectivity index (χ4v) is 6.03. The molecule has 37 heavy (non-hydrogen) atoms. The van der Waals surface area contributed by atoms with E-state index in [0.29, 0.717) is 0 Å². The van der Waals surface area contributed by atoms with Crippen LogP contribution in [0.3, 0.4) is 0 Å². The summed E-state index contributed by atoms with van der Waals surface area (Å²) in [6.45, 7) is 0. The van der Waals surface area contributed by atoms with E-state index >= 15 is 0 Å². The third kappa shape index (κ3) is 2.98. The van der Waals surface area contributed by atoms with E-state index in [4.69, 9.17) is 0 Å². The maximum atomic E-state index is 4.67. The molecule has 0 aliphatic heterocycles. The van der Waals surface area contributed by atoms with Crippen molar-refractivity contribution < 1.29 is 0 Å². The third-order valence-corrected chi connectivity index (χ3v) is 7.67. The maximum Gasteiger partial charge on any atom is 0.144 e. The molecule has 5 aromatic carbocycles. The molecule has 0 radical (unpaired) electrons. The number of aromatic nitrogens is 3. The topological polar surface area (TPSA) is 22.8 Å². The van der Waals surface area contributed by atoms with Crippen molar-refractivity contribution in [3.63, 3.8) is 0 Å². The summed E-state index contributed by atoms with van der Waals surface area (Å²) in [5.41, 5.74) is 11.4. The van der Waals surface area contributed by atoms with Crippen LogP contribution in [0.5, 0.6) is 0 Å². The van der Waals surface area contributed by atoms with Crippen LogP contribution in [0.15, 0.2) is 128 Å². The molecule has 0 N–H and O–H groups in total. The quantitative estimate of drug-likeness (QED) is 0.253. The summed E-state index contributed by atoms with van der Waals surface area (Å²) in [6.07, 6.45) is 4.86. The van der Waals surface area contributed by atoms with Gasteiger partial charge in [0, 0.05) is 40.8 Å². The lowest BCUT2D eigenvalue weighted by molar-refractivity contribution is 1.06. The Hall–Kier alpha value is -4.89. The van der Waals surface area contributed by atoms with Crippen LogP contribution in [0.4, 0.5) is 0 Å². The molecule has 2 heterocycles. The third-order valence-electron chi connectivity index (χ3n) is 7.67. The Morgan fingerprint density at radius 3 is 2.14 bits per heavy atom. The summed E-state index contributed by atoms with van der Waals surface area (Å²) in [5, 5.41) is 2.59. The van der Waals surface area contributed by atoms with Crippen molar-refractivity contribution in [1.29, 1.82) is 0 Å². The number of fused-ring (bicyclic) bond motifs is 6. The van der Waals surface area contributed by atoms with E-state index in [1.807, 2.05) is 12.3 Å². The molecule has 1 aliphatic rings. The molecule has 0 spiro atoms. The predicted octanol–water partition coefficient (Wildman–Crippen LogP) is 8.21. The number of nitrogens with zero attached hydrogens (tertiary/aromatic N) is 3. The molecule has 0 saturated carbocycles. The zero-order valence-electron chi connectivity index (χ0n) is 20.2. The minimum Gasteiger partial charge on any atom is -0.309 e. The lowest BCUT2D eigenvalue weighted by Crippen LogP contribution is -1.98. The van der Waals surface area contributed by atoms with Gasteiger partial charge in [-0.05, 0) is 52.6 Å². The van der Waals surface area contributed by atoms with Crippen LogP contribution in [0.2, 0.25) is 0 Å². The number of rotatable bonds is 3. The van der Waals surface area contributed by atoms with Gasteiger partial charge in [-0.1, -0.05) is 84.9 Å². The average molecular weight is 474 g/mol. The van der Waals surface area contributed by atoms with Crippen LogP contribution < -0.4 is 0 Å². The molecule has 3 nitrogen and oxygen atoms in total. The summed E-state index contributed by atoms with van der Waals surface area (Å²) in [5.74, 6) is 0.956. The maximum absolute atomic E-state index is 4.67. The van der Waals surface area contributed by atoms with Gasteiger partial charge in [0.1, 0.15) is 5.82 Å². The minimum atomic E-state index is 0.928. The van der Waals surface area contributed by atoms with Crippen LogP contribution in [0.1, 0.15) is 11.1 Å². The molecule has 0 atom stereocenters. The molecular weight excluding hydrogens is 450 g/mol. The lowest BCUT2D eigenvalue weighted by Gasteiger charge is -2.13. The zero-order valence-corrected chi connectivity index (χ0v) is 20.2. The van der Waals surface area contributed by atoms with E-state index in [0.717, 1.165) is 23.5 Å². The van der Waals surface area contributed by atoms with E-state index < -0.39 is 0 Å². The highest BCUT2D eigenvalue weighted by Crippen LogP contribution is 2.43. The molecule has 1 aliphatic carbocycles. The Morgan fingerprint density at radius 2 is 1.35 bits per heavy atom. The van der Waals surface area contributed by atoms with E-state index in [1.54, 1.807) is 0 Å². The molecule has 8 rings (SSSR count). The molecule has 2 aromatic heterocycles. The molecule has 3 heteroatoms. The van der Waals surface area contributed by atoms with Gasteiger partial charge in [-0.3, -0.25) is 4.57 Å². The van der Waals surface area contributed by atoms with Crippen molar-refractivity contribution in [3.8, 4) is 33.9 Å². The molecule has 0 bridgehead atoms. The first-order chi connectivity index (χ1) is 18.4. The Bertz CT molecular complexity index is 1900. The van der Waals surface area contributed by atoms with E-state index in [2.05, 4.69) is 130 Å². The van der Waals surface area contributed by atoms with Crippen molar-refractivity contribution in [2.24, 2.45) is 0 Å². The van der Waals surface area contributed by atoms with Crippen LogP contribution in [0, 0.1) is 0 Å². The molecule has 0 saturated heterocycles. The van der Waals surface area contributed by atoms with Crippen molar-refractivity contribution >= 4 is 21.8 Å². The second kappa shape index (κ2) is 7.81. The van der Waals surface area contributed by atoms with Gasteiger partial charge in [0.2, 0.25) is 0 Å². The Balaban J connectivity index is 1.31. The van der Waals surface area contributed by atoms with Gasteiger partial charge in [0.25, 0.3) is 0 Å². The van der Waals surface area contributed by atoms with Gasteiger partial charge < -0.3 is 4.57 Å². The van der Waals surface area contributed by atoms with Crippen molar-refractivity contribution in [1.82, 2.24) is 14.1 Å². The van der Waals surface area contributed by atoms with Gasteiger partial charge >= 0.3 is 0 Å². The number of para-hydroxylation sites is 2. The summed E-state index contributed by atoms with van der Waals surface area (Å²) in [6, 6.07) is 41.4. The molecule has 0 unspecified atom stereocenters. The highest BCUT2D eigenvalue weighted by atomic mass is 15.1. The first-order valence-corrected chi connectivity index (χ1v) is 12.7. The Morgan fingerprint density at radius 1 is 0.622 bits per heavy atom. The van der Waals surface area contributed by atoms with Crippen LogP contribution in [-0.4, -0.2) is 14.1 Å². The molecule has 7 aromatic rings. The SMILES string of the molecule is c1ccc(-c2nccn2-c2ccc3c(c2)-c2cccc(-n4c5ccccc5c5ccccc54)c2C3)cc1. The van der Waals surface area contributed by atoms with Gasteiger partial charge in [-0.15, -0.1) is 0 Å². The van der Waals surface area contributed by atoms with Crippen LogP contribution in [0.25, 0.3) is 55.7 Å². The highest BCUT2D eigenvalue weighted by Gasteiger charge is 2.24. The van der Waals surface area contributed by atoms with E-state index in [9.17, 15) is 0 Å². The van der Waals surface area contributed by atoms with Crippen LogP contribution >= 0.6 is 0 Å². The molecule has 0 fully saturated rings. The number of hydrogen-bond donors (Lipinski definition) is 0. The summed E-state index contributed by atoms with van der Waals surface area (Å²) in [4.78, 5) is 4.67. The van der Waals surface area contributed by atoms with Crippen molar-refractivity contribution in [2.45, 2.75) is 6.42 Å². The fraction of sp³-hybridized carbons (Fsp3) is 0.0294.